The van der Waals surface area contributed by atoms with Crippen molar-refractivity contribution in [3.8, 4) is 6.07 Å². The molecular formula is C14H20N4. The highest BCUT2D eigenvalue weighted by atomic mass is 15.3. The van der Waals surface area contributed by atoms with E-state index in [0.29, 0.717) is 12.3 Å². The maximum atomic E-state index is 8.77. The van der Waals surface area contributed by atoms with Gasteiger partial charge in [-0.25, -0.2) is 0 Å². The van der Waals surface area contributed by atoms with Gasteiger partial charge in [0.25, 0.3) is 0 Å². The molecule has 1 aromatic heterocycles. The van der Waals surface area contributed by atoms with Crippen LogP contribution in [0.2, 0.25) is 0 Å². The van der Waals surface area contributed by atoms with E-state index in [1.807, 2.05) is 0 Å². The summed E-state index contributed by atoms with van der Waals surface area (Å²) in [7, 11) is 0. The SMILES string of the molecule is CCCc1ccc(N2CCCC(CC#N)C2)nn1. The Balaban J connectivity index is 2.00. The van der Waals surface area contributed by atoms with Gasteiger partial charge in [-0.3, -0.25) is 0 Å². The van der Waals surface area contributed by atoms with Crippen LogP contribution in [-0.2, 0) is 6.42 Å². The van der Waals surface area contributed by atoms with Gasteiger partial charge in [0.05, 0.1) is 11.8 Å². The lowest BCUT2D eigenvalue weighted by molar-refractivity contribution is 0.419. The molecule has 0 amide bonds. The van der Waals surface area contributed by atoms with Crippen molar-refractivity contribution in [2.45, 2.75) is 39.0 Å². The summed E-state index contributed by atoms with van der Waals surface area (Å²) in [4.78, 5) is 2.26. The van der Waals surface area contributed by atoms with E-state index in [1.54, 1.807) is 0 Å². The van der Waals surface area contributed by atoms with Gasteiger partial charge in [0.1, 0.15) is 0 Å². The Morgan fingerprint density at radius 3 is 3.00 bits per heavy atom. The molecule has 0 aliphatic carbocycles. The zero-order valence-electron chi connectivity index (χ0n) is 11.0. The molecule has 0 spiro atoms. The molecule has 0 aromatic carbocycles. The highest BCUT2D eigenvalue weighted by molar-refractivity contribution is 5.38. The first-order valence-electron chi connectivity index (χ1n) is 6.78. The molecule has 1 atom stereocenters. The fourth-order valence-corrected chi connectivity index (χ4v) is 2.48. The Morgan fingerprint density at radius 1 is 1.44 bits per heavy atom. The van der Waals surface area contributed by atoms with E-state index in [-0.39, 0.29) is 0 Å². The lowest BCUT2D eigenvalue weighted by Gasteiger charge is -2.32. The third-order valence-corrected chi connectivity index (χ3v) is 3.43. The third kappa shape index (κ3) is 3.19. The Hall–Kier alpha value is -1.63. The predicted octanol–water partition coefficient (Wildman–Crippen LogP) is 2.56. The van der Waals surface area contributed by atoms with Gasteiger partial charge in [-0.05, 0) is 37.3 Å². The van der Waals surface area contributed by atoms with Crippen LogP contribution in [0.4, 0.5) is 5.82 Å². The summed E-state index contributed by atoms with van der Waals surface area (Å²) in [5.74, 6) is 1.44. The van der Waals surface area contributed by atoms with Gasteiger partial charge in [0.2, 0.25) is 0 Å². The summed E-state index contributed by atoms with van der Waals surface area (Å²) in [5, 5.41) is 17.3. The van der Waals surface area contributed by atoms with Gasteiger partial charge in [0.15, 0.2) is 5.82 Å². The average molecular weight is 244 g/mol. The Morgan fingerprint density at radius 2 is 2.33 bits per heavy atom. The number of hydrogen-bond donors (Lipinski definition) is 0. The predicted molar refractivity (Wildman–Crippen MR) is 71.2 cm³/mol. The number of aromatic nitrogens is 2. The van der Waals surface area contributed by atoms with Crippen molar-refractivity contribution in [1.82, 2.24) is 10.2 Å². The van der Waals surface area contributed by atoms with Gasteiger partial charge in [-0.2, -0.15) is 10.4 Å². The van der Waals surface area contributed by atoms with Crippen LogP contribution < -0.4 is 4.90 Å². The molecular weight excluding hydrogens is 224 g/mol. The minimum atomic E-state index is 0.487. The minimum Gasteiger partial charge on any atom is -0.355 e. The maximum Gasteiger partial charge on any atom is 0.151 e. The molecule has 4 heteroatoms. The normalized spacial score (nSPS) is 19.6. The van der Waals surface area contributed by atoms with Crippen LogP contribution in [0.25, 0.3) is 0 Å². The van der Waals surface area contributed by atoms with Crippen molar-refractivity contribution in [3.63, 3.8) is 0 Å². The molecule has 1 aromatic rings. The van der Waals surface area contributed by atoms with Crippen molar-refractivity contribution in [3.05, 3.63) is 17.8 Å². The highest BCUT2D eigenvalue weighted by Crippen LogP contribution is 2.23. The van der Waals surface area contributed by atoms with Gasteiger partial charge in [-0.15, -0.1) is 5.10 Å². The number of piperidine rings is 1. The molecule has 1 unspecified atom stereocenters. The van der Waals surface area contributed by atoms with Crippen LogP contribution in [0.1, 0.15) is 38.3 Å². The zero-order chi connectivity index (χ0) is 12.8. The monoisotopic (exact) mass is 244 g/mol. The molecule has 1 aliphatic rings. The molecule has 0 N–H and O–H groups in total. The lowest BCUT2D eigenvalue weighted by atomic mass is 9.95. The number of hydrogen-bond acceptors (Lipinski definition) is 4. The quantitative estimate of drug-likeness (QED) is 0.816. The summed E-state index contributed by atoms with van der Waals surface area (Å²) >= 11 is 0. The van der Waals surface area contributed by atoms with E-state index in [9.17, 15) is 0 Å². The summed E-state index contributed by atoms with van der Waals surface area (Å²) in [6.45, 7) is 4.12. The lowest BCUT2D eigenvalue weighted by Crippen LogP contribution is -2.36. The first kappa shape index (κ1) is 12.8. The van der Waals surface area contributed by atoms with Crippen LogP contribution in [-0.4, -0.2) is 23.3 Å². The van der Waals surface area contributed by atoms with Gasteiger partial charge < -0.3 is 4.90 Å². The van der Waals surface area contributed by atoms with Crippen molar-refractivity contribution in [1.29, 1.82) is 5.26 Å². The number of aryl methyl sites for hydroxylation is 1. The third-order valence-electron chi connectivity index (χ3n) is 3.43. The number of nitriles is 1. The molecule has 0 saturated carbocycles. The first-order valence-corrected chi connectivity index (χ1v) is 6.78. The molecule has 0 bridgehead atoms. The van der Waals surface area contributed by atoms with E-state index in [4.69, 9.17) is 5.26 Å². The molecule has 2 rings (SSSR count). The first-order chi connectivity index (χ1) is 8.83. The second-order valence-corrected chi connectivity index (χ2v) is 4.95. The van der Waals surface area contributed by atoms with Crippen LogP contribution in [0.15, 0.2) is 12.1 Å². The standard InChI is InChI=1S/C14H20N4/c1-2-4-13-6-7-14(17-16-13)18-10-3-5-12(11-18)8-9-15/h6-7,12H,2-5,8,10-11H2,1H3. The summed E-state index contributed by atoms with van der Waals surface area (Å²) in [6.07, 6.45) is 5.04. The topological polar surface area (TPSA) is 52.8 Å². The fraction of sp³-hybridized carbons (Fsp3) is 0.643. The molecule has 0 radical (unpaired) electrons. The second kappa shape index (κ2) is 6.34. The Kier molecular flexibility index (Phi) is 4.52. The van der Waals surface area contributed by atoms with Gasteiger partial charge in [-0.1, -0.05) is 13.3 Å². The molecule has 2 heterocycles. The number of rotatable bonds is 4. The van der Waals surface area contributed by atoms with E-state index < -0.39 is 0 Å². The Bertz CT molecular complexity index is 407. The van der Waals surface area contributed by atoms with E-state index in [0.717, 1.165) is 50.3 Å². The fourth-order valence-electron chi connectivity index (χ4n) is 2.48. The van der Waals surface area contributed by atoms with Crippen LogP contribution in [0, 0.1) is 17.2 Å². The van der Waals surface area contributed by atoms with E-state index >= 15 is 0 Å². The summed E-state index contributed by atoms with van der Waals surface area (Å²) < 4.78 is 0. The minimum absolute atomic E-state index is 0.487. The molecule has 1 fully saturated rings. The molecule has 1 aliphatic heterocycles. The van der Waals surface area contributed by atoms with Crippen LogP contribution in [0.3, 0.4) is 0 Å². The average Bonchev–Trinajstić information content (AvgIpc) is 2.41. The number of nitrogens with zero attached hydrogens (tertiary/aromatic N) is 4. The molecule has 96 valence electrons. The molecule has 18 heavy (non-hydrogen) atoms. The summed E-state index contributed by atoms with van der Waals surface area (Å²) in [6, 6.07) is 6.40. The van der Waals surface area contributed by atoms with Crippen LogP contribution >= 0.6 is 0 Å². The maximum absolute atomic E-state index is 8.77. The van der Waals surface area contributed by atoms with Crippen molar-refractivity contribution >= 4 is 5.82 Å². The van der Waals surface area contributed by atoms with Crippen LogP contribution in [0.5, 0.6) is 0 Å². The second-order valence-electron chi connectivity index (χ2n) is 4.95. The molecule has 1 saturated heterocycles. The van der Waals surface area contributed by atoms with Crippen molar-refractivity contribution < 1.29 is 0 Å². The largest absolute Gasteiger partial charge is 0.355 e. The van der Waals surface area contributed by atoms with E-state index in [2.05, 4.69) is 40.2 Å². The zero-order valence-corrected chi connectivity index (χ0v) is 11.0. The Labute approximate surface area is 109 Å². The van der Waals surface area contributed by atoms with E-state index in [1.165, 1.54) is 0 Å². The number of anilines is 1. The van der Waals surface area contributed by atoms with Crippen molar-refractivity contribution in [2.75, 3.05) is 18.0 Å². The van der Waals surface area contributed by atoms with Gasteiger partial charge >= 0.3 is 0 Å². The van der Waals surface area contributed by atoms with Gasteiger partial charge in [0, 0.05) is 19.5 Å². The summed E-state index contributed by atoms with van der Waals surface area (Å²) in [5.41, 5.74) is 1.06. The van der Waals surface area contributed by atoms with Crippen molar-refractivity contribution in [2.24, 2.45) is 5.92 Å². The highest BCUT2D eigenvalue weighted by Gasteiger charge is 2.20. The smallest absolute Gasteiger partial charge is 0.151 e. The molecule has 4 nitrogen and oxygen atoms in total.